The first-order valence-electron chi connectivity index (χ1n) is 16.4. The van der Waals surface area contributed by atoms with E-state index in [0.29, 0.717) is 48.8 Å². The fourth-order valence-electron chi connectivity index (χ4n) is 5.82. The van der Waals surface area contributed by atoms with Gasteiger partial charge in [-0.25, -0.2) is 9.78 Å². The van der Waals surface area contributed by atoms with Crippen LogP contribution in [-0.4, -0.2) is 63.2 Å². The molecule has 0 spiro atoms. The summed E-state index contributed by atoms with van der Waals surface area (Å²) in [4.78, 5) is 50.0. The number of ether oxygens (including phenoxy) is 1. The molecule has 3 heterocycles. The van der Waals surface area contributed by atoms with Gasteiger partial charge in [-0.1, -0.05) is 30.3 Å². The Balaban J connectivity index is 1.32. The molecule has 5 rings (SSSR count). The zero-order valence-electron chi connectivity index (χ0n) is 28.9. The normalized spacial score (nSPS) is 12.7. The number of carbonyl (C=O) groups is 3. The van der Waals surface area contributed by atoms with Crippen molar-refractivity contribution in [2.24, 2.45) is 0 Å². The Bertz CT molecular complexity index is 1870. The van der Waals surface area contributed by atoms with E-state index in [1.807, 2.05) is 84.0 Å². The summed E-state index contributed by atoms with van der Waals surface area (Å²) in [6.45, 7) is 13.2. The third kappa shape index (κ3) is 8.48. The number of pyridine rings is 2. The summed E-state index contributed by atoms with van der Waals surface area (Å²) < 4.78 is 5.56. The number of hydrogen-bond acceptors (Lipinski definition) is 8. The number of benzene rings is 2. The van der Waals surface area contributed by atoms with Gasteiger partial charge in [0.15, 0.2) is 0 Å². The van der Waals surface area contributed by atoms with Gasteiger partial charge in [-0.05, 0) is 111 Å². The van der Waals surface area contributed by atoms with Crippen molar-refractivity contribution in [3.63, 3.8) is 0 Å². The molecule has 0 aliphatic carbocycles. The number of aromatic nitrogens is 2. The highest BCUT2D eigenvalue weighted by molar-refractivity contribution is 6.05. The van der Waals surface area contributed by atoms with Crippen molar-refractivity contribution in [3.05, 3.63) is 106 Å². The van der Waals surface area contributed by atoms with Gasteiger partial charge in [-0.3, -0.25) is 14.6 Å². The molecular weight excluding hydrogens is 620 g/mol. The van der Waals surface area contributed by atoms with E-state index in [4.69, 9.17) is 14.8 Å². The highest BCUT2D eigenvalue weighted by Crippen LogP contribution is 2.34. The highest BCUT2D eigenvalue weighted by atomic mass is 16.6. The number of aliphatic hydroxyl groups is 1. The lowest BCUT2D eigenvalue weighted by molar-refractivity contribution is 0.0220. The van der Waals surface area contributed by atoms with Crippen molar-refractivity contribution >= 4 is 29.3 Å². The Morgan fingerprint density at radius 2 is 1.53 bits per heavy atom. The van der Waals surface area contributed by atoms with Gasteiger partial charge in [0.1, 0.15) is 17.0 Å². The van der Waals surface area contributed by atoms with E-state index in [0.717, 1.165) is 38.9 Å². The Morgan fingerprint density at radius 3 is 2.10 bits per heavy atom. The molecular formula is C38H44N6O5. The molecule has 11 heteroatoms. The van der Waals surface area contributed by atoms with Gasteiger partial charge in [0.25, 0.3) is 11.8 Å². The minimum atomic E-state index is -0.604. The Kier molecular flexibility index (Phi) is 10.7. The standard InChI is InChI=1S/C38H44N6O5/c1-23-19-33(41-34-22-44(17-15-27(23)34)37(48)49-38(4,5)6)36(47)43-31-12-8-10-29(25(31)3)28-9-7-11-30(24(28)2)42-35(46)32-14-13-26(21-40-32)20-39-16-18-45/h7-14,19,21,39,45H,15-18,20,22H2,1-6H3,(H,42,46)(H,43,47). The quantitative estimate of drug-likeness (QED) is 0.161. The van der Waals surface area contributed by atoms with Crippen LogP contribution in [0.15, 0.2) is 60.8 Å². The van der Waals surface area contributed by atoms with E-state index in [1.165, 1.54) is 0 Å². The summed E-state index contributed by atoms with van der Waals surface area (Å²) in [5.41, 5.74) is 8.43. The molecule has 0 radical (unpaired) electrons. The van der Waals surface area contributed by atoms with Crippen LogP contribution in [0, 0.1) is 20.8 Å². The summed E-state index contributed by atoms with van der Waals surface area (Å²) in [5.74, 6) is -0.670. The summed E-state index contributed by atoms with van der Waals surface area (Å²) in [5, 5.41) is 18.1. The number of nitrogens with one attached hydrogen (secondary N) is 3. The van der Waals surface area contributed by atoms with Crippen LogP contribution in [-0.2, 0) is 24.2 Å². The number of nitrogens with zero attached hydrogens (tertiary/aromatic N) is 3. The topological polar surface area (TPSA) is 146 Å². The van der Waals surface area contributed by atoms with Crippen LogP contribution in [0.1, 0.15) is 75.3 Å². The fraction of sp³-hybridized carbons (Fsp3) is 0.342. The second-order valence-corrected chi connectivity index (χ2v) is 13.2. The molecule has 0 unspecified atom stereocenters. The van der Waals surface area contributed by atoms with Crippen molar-refractivity contribution in [1.82, 2.24) is 20.2 Å². The van der Waals surface area contributed by atoms with Crippen LogP contribution in [0.5, 0.6) is 0 Å². The molecule has 4 N–H and O–H groups in total. The molecule has 11 nitrogen and oxygen atoms in total. The summed E-state index contributed by atoms with van der Waals surface area (Å²) in [6, 6.07) is 16.7. The molecule has 0 saturated heterocycles. The molecule has 0 atom stereocenters. The Hall–Kier alpha value is -5.13. The molecule has 256 valence electrons. The van der Waals surface area contributed by atoms with E-state index in [9.17, 15) is 14.4 Å². The van der Waals surface area contributed by atoms with Gasteiger partial charge in [0.2, 0.25) is 0 Å². The minimum Gasteiger partial charge on any atom is -0.444 e. The van der Waals surface area contributed by atoms with Crippen LogP contribution in [0.2, 0.25) is 0 Å². The predicted octanol–water partition coefficient (Wildman–Crippen LogP) is 5.95. The Labute approximate surface area is 287 Å². The number of aryl methyl sites for hydroxylation is 1. The maximum absolute atomic E-state index is 13.6. The van der Waals surface area contributed by atoms with Crippen LogP contribution < -0.4 is 16.0 Å². The van der Waals surface area contributed by atoms with E-state index in [-0.39, 0.29) is 30.7 Å². The maximum atomic E-state index is 13.6. The molecule has 0 fully saturated rings. The second-order valence-electron chi connectivity index (χ2n) is 13.2. The lowest BCUT2D eigenvalue weighted by Gasteiger charge is -2.31. The molecule has 4 aromatic rings. The molecule has 0 bridgehead atoms. The van der Waals surface area contributed by atoms with Gasteiger partial charge in [0, 0.05) is 37.2 Å². The van der Waals surface area contributed by atoms with Crippen LogP contribution >= 0.6 is 0 Å². The lowest BCUT2D eigenvalue weighted by Crippen LogP contribution is -2.40. The number of carbonyl (C=O) groups excluding carboxylic acids is 3. The molecule has 1 aliphatic heterocycles. The summed E-state index contributed by atoms with van der Waals surface area (Å²) in [7, 11) is 0. The van der Waals surface area contributed by atoms with Crippen molar-refractivity contribution in [3.8, 4) is 11.1 Å². The van der Waals surface area contributed by atoms with Crippen molar-refractivity contribution in [2.75, 3.05) is 30.3 Å². The van der Waals surface area contributed by atoms with Gasteiger partial charge < -0.3 is 30.7 Å². The third-order valence-corrected chi connectivity index (χ3v) is 8.42. The fourth-order valence-corrected chi connectivity index (χ4v) is 5.82. The first kappa shape index (κ1) is 35.2. The number of fused-ring (bicyclic) bond motifs is 1. The summed E-state index contributed by atoms with van der Waals surface area (Å²) in [6.07, 6.45) is 1.89. The number of hydrogen-bond donors (Lipinski definition) is 4. The van der Waals surface area contributed by atoms with Crippen LogP contribution in [0.4, 0.5) is 16.2 Å². The van der Waals surface area contributed by atoms with Crippen LogP contribution in [0.3, 0.4) is 0 Å². The average Bonchev–Trinajstić information content (AvgIpc) is 3.06. The zero-order chi connectivity index (χ0) is 35.3. The Morgan fingerprint density at radius 1 is 0.898 bits per heavy atom. The van der Waals surface area contributed by atoms with Gasteiger partial charge in [-0.15, -0.1) is 0 Å². The van der Waals surface area contributed by atoms with Crippen molar-refractivity contribution < 1.29 is 24.2 Å². The third-order valence-electron chi connectivity index (χ3n) is 8.42. The van der Waals surface area contributed by atoms with Gasteiger partial charge >= 0.3 is 6.09 Å². The molecule has 49 heavy (non-hydrogen) atoms. The van der Waals surface area contributed by atoms with Crippen molar-refractivity contribution in [2.45, 2.75) is 66.7 Å². The van der Waals surface area contributed by atoms with Gasteiger partial charge in [-0.2, -0.15) is 0 Å². The summed E-state index contributed by atoms with van der Waals surface area (Å²) >= 11 is 0. The minimum absolute atomic E-state index is 0.0517. The van der Waals surface area contributed by atoms with Crippen molar-refractivity contribution in [1.29, 1.82) is 0 Å². The number of rotatable bonds is 9. The largest absolute Gasteiger partial charge is 0.444 e. The first-order chi connectivity index (χ1) is 23.3. The predicted molar refractivity (Wildman–Crippen MR) is 190 cm³/mol. The monoisotopic (exact) mass is 664 g/mol. The lowest BCUT2D eigenvalue weighted by atomic mass is 9.94. The van der Waals surface area contributed by atoms with E-state index >= 15 is 0 Å². The maximum Gasteiger partial charge on any atom is 0.410 e. The number of amides is 3. The molecule has 2 aromatic carbocycles. The number of aliphatic hydroxyl groups excluding tert-OH is 1. The van der Waals surface area contributed by atoms with Gasteiger partial charge in [0.05, 0.1) is 18.8 Å². The van der Waals surface area contributed by atoms with E-state index in [2.05, 4.69) is 20.9 Å². The SMILES string of the molecule is Cc1cc(C(=O)Nc2cccc(-c3cccc(NC(=O)c4ccc(CNCCO)cn4)c3C)c2C)nc2c1CCN(C(=O)OC(C)(C)C)C2. The van der Waals surface area contributed by atoms with E-state index < -0.39 is 11.7 Å². The average molecular weight is 665 g/mol. The van der Waals surface area contributed by atoms with E-state index in [1.54, 1.807) is 23.2 Å². The highest BCUT2D eigenvalue weighted by Gasteiger charge is 2.28. The molecule has 3 amide bonds. The van der Waals surface area contributed by atoms with Crippen LogP contribution in [0.25, 0.3) is 11.1 Å². The number of anilines is 2. The first-order valence-corrected chi connectivity index (χ1v) is 16.4. The molecule has 0 saturated carbocycles. The molecule has 2 aromatic heterocycles. The smallest absolute Gasteiger partial charge is 0.410 e. The second kappa shape index (κ2) is 15.0. The molecule has 1 aliphatic rings. The zero-order valence-corrected chi connectivity index (χ0v) is 28.9.